The molecule has 1 aliphatic heterocycles. The number of aromatic nitrogens is 3. The summed E-state index contributed by atoms with van der Waals surface area (Å²) in [5, 5.41) is 23.5. The van der Waals surface area contributed by atoms with Crippen LogP contribution in [0.5, 0.6) is 0 Å². The van der Waals surface area contributed by atoms with Gasteiger partial charge in [0.1, 0.15) is 0 Å². The predicted octanol–water partition coefficient (Wildman–Crippen LogP) is 4.72. The van der Waals surface area contributed by atoms with Crippen LogP contribution in [0.2, 0.25) is 0 Å². The van der Waals surface area contributed by atoms with Gasteiger partial charge in [0.05, 0.1) is 10.7 Å². The van der Waals surface area contributed by atoms with Crippen molar-refractivity contribution < 1.29 is 9.72 Å². The molecular formula is C28H28N6O3S. The number of para-hydroxylation sites is 1. The second kappa shape index (κ2) is 12.0. The number of nitro benzene ring substituents is 1. The number of carbonyl (C=O) groups is 1. The normalized spacial score (nSPS) is 14.3. The Balaban J connectivity index is 1.21. The number of nitrogens with one attached hydrogen (secondary N) is 1. The Bertz CT molecular complexity index is 1370. The smallest absolute Gasteiger partial charge is 0.269 e. The van der Waals surface area contributed by atoms with E-state index >= 15 is 0 Å². The molecule has 9 nitrogen and oxygen atoms in total. The van der Waals surface area contributed by atoms with Crippen molar-refractivity contribution in [1.29, 1.82) is 0 Å². The zero-order chi connectivity index (χ0) is 26.3. The zero-order valence-corrected chi connectivity index (χ0v) is 21.6. The van der Waals surface area contributed by atoms with Crippen molar-refractivity contribution in [2.45, 2.75) is 30.6 Å². The number of rotatable bonds is 9. The molecule has 0 saturated carbocycles. The minimum atomic E-state index is -0.432. The number of nitrogens with zero attached hydrogens (tertiary/aromatic N) is 5. The van der Waals surface area contributed by atoms with Crippen LogP contribution in [-0.4, -0.2) is 55.4 Å². The van der Waals surface area contributed by atoms with Crippen LogP contribution in [0.4, 0.5) is 5.69 Å². The Labute approximate surface area is 225 Å². The van der Waals surface area contributed by atoms with Gasteiger partial charge in [0.2, 0.25) is 5.91 Å². The summed E-state index contributed by atoms with van der Waals surface area (Å²) >= 11 is 1.32. The van der Waals surface area contributed by atoms with E-state index in [0.29, 0.717) is 16.5 Å². The molecule has 0 spiro atoms. The highest BCUT2D eigenvalue weighted by Gasteiger charge is 2.22. The first-order valence-corrected chi connectivity index (χ1v) is 13.5. The molecule has 0 bridgehead atoms. The Hall–Kier alpha value is -4.02. The van der Waals surface area contributed by atoms with Crippen LogP contribution in [0, 0.1) is 10.1 Å². The first kappa shape index (κ1) is 25.6. The lowest BCUT2D eigenvalue weighted by Crippen LogP contribution is -2.44. The van der Waals surface area contributed by atoms with Gasteiger partial charge < -0.3 is 5.32 Å². The van der Waals surface area contributed by atoms with Gasteiger partial charge >= 0.3 is 0 Å². The lowest BCUT2D eigenvalue weighted by Gasteiger charge is -2.32. The maximum Gasteiger partial charge on any atom is 0.269 e. The number of carbonyl (C=O) groups excluding carboxylic acids is 1. The minimum absolute atomic E-state index is 0.0108. The van der Waals surface area contributed by atoms with Crippen molar-refractivity contribution in [2.24, 2.45) is 0 Å². The first-order chi connectivity index (χ1) is 18.6. The van der Waals surface area contributed by atoms with E-state index in [2.05, 4.69) is 44.7 Å². The van der Waals surface area contributed by atoms with Crippen LogP contribution < -0.4 is 5.32 Å². The third-order valence-electron chi connectivity index (χ3n) is 6.52. The summed E-state index contributed by atoms with van der Waals surface area (Å²) in [5.41, 5.74) is 2.86. The van der Waals surface area contributed by atoms with Crippen LogP contribution in [-0.2, 0) is 11.3 Å². The molecule has 0 aliphatic carbocycles. The van der Waals surface area contributed by atoms with E-state index in [0.717, 1.165) is 38.2 Å². The molecule has 38 heavy (non-hydrogen) atoms. The predicted molar refractivity (Wildman–Crippen MR) is 147 cm³/mol. The van der Waals surface area contributed by atoms with E-state index in [1.54, 1.807) is 12.1 Å². The third kappa shape index (κ3) is 6.27. The lowest BCUT2D eigenvalue weighted by atomic mass is 10.0. The Kier molecular flexibility index (Phi) is 8.10. The molecule has 5 rings (SSSR count). The van der Waals surface area contributed by atoms with Gasteiger partial charge in [-0.1, -0.05) is 60.3 Å². The zero-order valence-electron chi connectivity index (χ0n) is 20.8. The van der Waals surface area contributed by atoms with Crippen LogP contribution in [0.3, 0.4) is 0 Å². The second-order valence-electron chi connectivity index (χ2n) is 9.17. The van der Waals surface area contributed by atoms with Gasteiger partial charge in [-0.2, -0.15) is 0 Å². The van der Waals surface area contributed by atoms with Gasteiger partial charge in [-0.3, -0.25) is 24.4 Å². The summed E-state index contributed by atoms with van der Waals surface area (Å²) in [4.78, 5) is 25.9. The molecule has 2 heterocycles. The van der Waals surface area contributed by atoms with Crippen molar-refractivity contribution >= 4 is 23.4 Å². The van der Waals surface area contributed by atoms with Gasteiger partial charge in [-0.15, -0.1) is 10.2 Å². The number of hydrogen-bond donors (Lipinski definition) is 1. The van der Waals surface area contributed by atoms with E-state index < -0.39 is 4.92 Å². The SMILES string of the molecule is O=C(CSc1nnc(-c2ccc([N+](=O)[O-])cc2)n1-c1ccccc1)NC1CCN(Cc2ccccc2)CC1. The third-order valence-corrected chi connectivity index (χ3v) is 7.45. The van der Waals surface area contributed by atoms with Gasteiger partial charge in [0.15, 0.2) is 11.0 Å². The fraction of sp³-hybridized carbons (Fsp3) is 0.250. The summed E-state index contributed by atoms with van der Waals surface area (Å²) in [7, 11) is 0. The fourth-order valence-electron chi connectivity index (χ4n) is 4.57. The minimum Gasteiger partial charge on any atom is -0.353 e. The quantitative estimate of drug-likeness (QED) is 0.190. The van der Waals surface area contributed by atoms with Crippen molar-refractivity contribution in [3.8, 4) is 17.1 Å². The maximum atomic E-state index is 12.8. The largest absolute Gasteiger partial charge is 0.353 e. The molecule has 1 aliphatic rings. The number of non-ortho nitro benzene ring substituents is 1. The first-order valence-electron chi connectivity index (χ1n) is 12.5. The summed E-state index contributed by atoms with van der Waals surface area (Å²) in [6, 6.07) is 26.5. The molecule has 0 radical (unpaired) electrons. The Morgan fingerprint density at radius 1 is 0.947 bits per heavy atom. The fourth-order valence-corrected chi connectivity index (χ4v) is 5.33. The number of piperidine rings is 1. The molecule has 1 saturated heterocycles. The van der Waals surface area contributed by atoms with Gasteiger partial charge in [0, 0.05) is 49.1 Å². The highest BCUT2D eigenvalue weighted by atomic mass is 32.2. The average molecular weight is 529 g/mol. The summed E-state index contributed by atoms with van der Waals surface area (Å²) in [5.74, 6) is 0.742. The lowest BCUT2D eigenvalue weighted by molar-refractivity contribution is -0.384. The van der Waals surface area contributed by atoms with Crippen molar-refractivity contribution in [1.82, 2.24) is 25.0 Å². The van der Waals surface area contributed by atoms with Crippen LogP contribution >= 0.6 is 11.8 Å². The highest BCUT2D eigenvalue weighted by molar-refractivity contribution is 7.99. The topological polar surface area (TPSA) is 106 Å². The molecule has 1 N–H and O–H groups in total. The molecule has 0 unspecified atom stereocenters. The second-order valence-corrected chi connectivity index (χ2v) is 10.1. The van der Waals surface area contributed by atoms with E-state index in [1.807, 2.05) is 41.0 Å². The van der Waals surface area contributed by atoms with E-state index in [9.17, 15) is 14.9 Å². The molecule has 10 heteroatoms. The molecule has 1 aromatic heterocycles. The van der Waals surface area contributed by atoms with Crippen molar-refractivity contribution in [3.05, 3.63) is 101 Å². The number of nitro groups is 1. The molecule has 1 amide bonds. The number of amides is 1. The summed E-state index contributed by atoms with van der Waals surface area (Å²) in [6.07, 6.45) is 1.85. The van der Waals surface area contributed by atoms with Gasteiger partial charge in [0.25, 0.3) is 5.69 Å². The Morgan fingerprint density at radius 2 is 1.61 bits per heavy atom. The van der Waals surface area contributed by atoms with Crippen molar-refractivity contribution in [3.63, 3.8) is 0 Å². The maximum absolute atomic E-state index is 12.8. The molecule has 0 atom stereocenters. The van der Waals surface area contributed by atoms with E-state index in [1.165, 1.54) is 29.5 Å². The Morgan fingerprint density at radius 3 is 2.26 bits per heavy atom. The van der Waals surface area contributed by atoms with E-state index in [-0.39, 0.29) is 23.4 Å². The number of benzene rings is 3. The average Bonchev–Trinajstić information content (AvgIpc) is 3.38. The highest BCUT2D eigenvalue weighted by Crippen LogP contribution is 2.29. The molecule has 4 aromatic rings. The number of likely N-dealkylation sites (tertiary alicyclic amines) is 1. The van der Waals surface area contributed by atoms with Crippen LogP contribution in [0.25, 0.3) is 17.1 Å². The summed E-state index contributed by atoms with van der Waals surface area (Å²) in [6.45, 7) is 2.84. The van der Waals surface area contributed by atoms with Gasteiger partial charge in [-0.05, 0) is 42.7 Å². The molecule has 3 aromatic carbocycles. The van der Waals surface area contributed by atoms with E-state index in [4.69, 9.17) is 0 Å². The number of hydrogen-bond acceptors (Lipinski definition) is 7. The van der Waals surface area contributed by atoms with Gasteiger partial charge in [-0.25, -0.2) is 0 Å². The van der Waals surface area contributed by atoms with Crippen LogP contribution in [0.1, 0.15) is 18.4 Å². The summed E-state index contributed by atoms with van der Waals surface area (Å²) < 4.78 is 1.88. The molecular weight excluding hydrogens is 500 g/mol. The monoisotopic (exact) mass is 528 g/mol. The van der Waals surface area contributed by atoms with Crippen molar-refractivity contribution in [2.75, 3.05) is 18.8 Å². The molecule has 1 fully saturated rings. The standard InChI is InChI=1S/C28H28N6O3S/c35-26(29-23-15-17-32(18-16-23)19-21-7-3-1-4-8-21)20-38-28-31-30-27(33(28)24-9-5-2-6-10-24)22-11-13-25(14-12-22)34(36)37/h1-14,23H,15-20H2,(H,29,35). The number of thioether (sulfide) groups is 1. The van der Waals surface area contributed by atoms with Crippen LogP contribution in [0.15, 0.2) is 90.1 Å². The molecule has 194 valence electrons.